The molecular formula is C19H27N5O2. The minimum Gasteiger partial charge on any atom is -0.384 e. The van der Waals surface area contributed by atoms with Gasteiger partial charge in [0.25, 0.3) is 0 Å². The van der Waals surface area contributed by atoms with Gasteiger partial charge < -0.3 is 15.0 Å². The third-order valence-electron chi connectivity index (χ3n) is 3.96. The van der Waals surface area contributed by atoms with Crippen LogP contribution in [0.15, 0.2) is 30.6 Å². The Hall–Kier alpha value is -2.54. The summed E-state index contributed by atoms with van der Waals surface area (Å²) in [4.78, 5) is 27.5. The van der Waals surface area contributed by atoms with Crippen molar-refractivity contribution in [3.8, 4) is 11.4 Å². The molecule has 1 N–H and O–H groups in total. The topological polar surface area (TPSA) is 80.2 Å². The van der Waals surface area contributed by atoms with Crippen LogP contribution in [0.3, 0.4) is 0 Å². The first-order chi connectivity index (χ1) is 12.4. The highest BCUT2D eigenvalue weighted by Crippen LogP contribution is 2.26. The number of nitrogens with one attached hydrogen (secondary N) is 1. The molecule has 0 fully saturated rings. The van der Waals surface area contributed by atoms with Gasteiger partial charge in [-0.3, -0.25) is 9.78 Å². The summed E-state index contributed by atoms with van der Waals surface area (Å²) in [6.07, 6.45) is 3.75. The lowest BCUT2D eigenvalue weighted by molar-refractivity contribution is -0.123. The number of aromatic nitrogens is 3. The zero-order valence-corrected chi connectivity index (χ0v) is 16.1. The first-order valence-corrected chi connectivity index (χ1v) is 8.67. The highest BCUT2D eigenvalue weighted by molar-refractivity contribution is 5.76. The number of pyridine rings is 1. The maximum absolute atomic E-state index is 12.2. The number of methoxy groups -OCH3 is 1. The molecule has 2 aromatic rings. The molecule has 0 saturated carbocycles. The lowest BCUT2D eigenvalue weighted by Gasteiger charge is -2.24. The number of anilines is 1. The first-order valence-electron chi connectivity index (χ1n) is 8.67. The van der Waals surface area contributed by atoms with Crippen molar-refractivity contribution in [1.29, 1.82) is 0 Å². The predicted molar refractivity (Wildman–Crippen MR) is 102 cm³/mol. The Morgan fingerprint density at radius 3 is 2.50 bits per heavy atom. The number of hydrogen-bond acceptors (Lipinski definition) is 6. The number of rotatable bonds is 8. The largest absolute Gasteiger partial charge is 0.384 e. The lowest BCUT2D eigenvalue weighted by atomic mass is 10.00. The van der Waals surface area contributed by atoms with E-state index in [0.29, 0.717) is 18.9 Å². The fraction of sp³-hybridized carbons (Fsp3) is 0.474. The molecule has 0 aliphatic rings. The van der Waals surface area contributed by atoms with Crippen molar-refractivity contribution in [3.05, 3.63) is 36.3 Å². The number of amides is 1. The van der Waals surface area contributed by atoms with E-state index in [1.807, 2.05) is 37.2 Å². The van der Waals surface area contributed by atoms with Gasteiger partial charge in [-0.15, -0.1) is 0 Å². The minimum atomic E-state index is -0.207. The van der Waals surface area contributed by atoms with Crippen LogP contribution in [0.1, 0.15) is 32.0 Å². The third kappa shape index (κ3) is 5.23. The summed E-state index contributed by atoms with van der Waals surface area (Å²) in [6.45, 7) is 4.52. The molecule has 1 atom stereocenters. The number of ether oxygens (including phenoxy) is 1. The van der Waals surface area contributed by atoms with Gasteiger partial charge in [-0.1, -0.05) is 13.8 Å². The van der Waals surface area contributed by atoms with Gasteiger partial charge in [0.05, 0.1) is 18.3 Å². The molecule has 0 spiro atoms. The fourth-order valence-corrected chi connectivity index (χ4v) is 2.49. The molecule has 26 heavy (non-hydrogen) atoms. The van der Waals surface area contributed by atoms with Gasteiger partial charge in [-0.2, -0.15) is 0 Å². The van der Waals surface area contributed by atoms with Crippen molar-refractivity contribution in [2.24, 2.45) is 5.92 Å². The Morgan fingerprint density at radius 1 is 1.23 bits per heavy atom. The lowest BCUT2D eigenvalue weighted by Crippen LogP contribution is -2.33. The highest BCUT2D eigenvalue weighted by Gasteiger charge is 2.22. The molecule has 140 valence electrons. The summed E-state index contributed by atoms with van der Waals surface area (Å²) in [6, 6.07) is 5.47. The van der Waals surface area contributed by atoms with Crippen molar-refractivity contribution < 1.29 is 9.53 Å². The maximum Gasteiger partial charge on any atom is 0.222 e. The summed E-state index contributed by atoms with van der Waals surface area (Å²) < 4.78 is 4.99. The van der Waals surface area contributed by atoms with Gasteiger partial charge >= 0.3 is 0 Å². The van der Waals surface area contributed by atoms with Gasteiger partial charge in [-0.05, 0) is 18.1 Å². The molecular weight excluding hydrogens is 330 g/mol. The molecule has 0 aliphatic heterocycles. The second-order valence-corrected chi connectivity index (χ2v) is 6.64. The van der Waals surface area contributed by atoms with Crippen LogP contribution in [-0.2, 0) is 9.53 Å². The standard InChI is InChI=1S/C19H27N5O2/c1-13(2)18(23-17(25)8-11-26-5)15-12-16(24(3)4)22-19(21-15)14-6-9-20-10-7-14/h6-7,9-10,12-13,18H,8,11H2,1-5H3,(H,23,25)/t18-/m0/s1. The van der Waals surface area contributed by atoms with Crippen LogP contribution in [0, 0.1) is 5.92 Å². The molecule has 0 saturated heterocycles. The van der Waals surface area contributed by atoms with E-state index in [1.54, 1.807) is 19.5 Å². The number of carbonyl (C=O) groups is 1. The molecule has 2 aromatic heterocycles. The van der Waals surface area contributed by atoms with E-state index in [9.17, 15) is 4.79 Å². The Balaban J connectivity index is 2.40. The molecule has 0 bridgehead atoms. The normalized spacial score (nSPS) is 12.1. The van der Waals surface area contributed by atoms with Crippen molar-refractivity contribution in [2.75, 3.05) is 32.7 Å². The van der Waals surface area contributed by atoms with Crippen LogP contribution >= 0.6 is 0 Å². The first kappa shape index (κ1) is 19.8. The molecule has 7 nitrogen and oxygen atoms in total. The Kier molecular flexibility index (Phi) is 7.03. The summed E-state index contributed by atoms with van der Waals surface area (Å²) in [5.41, 5.74) is 1.68. The smallest absolute Gasteiger partial charge is 0.222 e. The predicted octanol–water partition coefficient (Wildman–Crippen LogP) is 2.45. The van der Waals surface area contributed by atoms with Crippen LogP contribution in [0.2, 0.25) is 0 Å². The van der Waals surface area contributed by atoms with E-state index in [1.165, 1.54) is 0 Å². The van der Waals surface area contributed by atoms with E-state index in [-0.39, 0.29) is 17.9 Å². The monoisotopic (exact) mass is 357 g/mol. The van der Waals surface area contributed by atoms with Gasteiger partial charge in [0.2, 0.25) is 5.91 Å². The Labute approximate surface area is 154 Å². The molecule has 7 heteroatoms. The Morgan fingerprint density at radius 2 is 1.92 bits per heavy atom. The molecule has 0 aromatic carbocycles. The van der Waals surface area contributed by atoms with Crippen LogP contribution in [-0.4, -0.2) is 48.7 Å². The molecule has 0 aliphatic carbocycles. The van der Waals surface area contributed by atoms with Crippen molar-refractivity contribution in [3.63, 3.8) is 0 Å². The molecule has 2 rings (SSSR count). The fourth-order valence-electron chi connectivity index (χ4n) is 2.49. The third-order valence-corrected chi connectivity index (χ3v) is 3.96. The van der Waals surface area contributed by atoms with Crippen LogP contribution in [0.5, 0.6) is 0 Å². The van der Waals surface area contributed by atoms with Gasteiger partial charge in [0.15, 0.2) is 5.82 Å². The Bertz CT molecular complexity index is 719. The minimum absolute atomic E-state index is 0.0546. The summed E-state index contributed by atoms with van der Waals surface area (Å²) in [5, 5.41) is 3.07. The summed E-state index contributed by atoms with van der Waals surface area (Å²) in [7, 11) is 5.45. The van der Waals surface area contributed by atoms with Crippen LogP contribution in [0.4, 0.5) is 5.82 Å². The second kappa shape index (κ2) is 9.24. The average molecular weight is 357 g/mol. The molecule has 1 amide bonds. The van der Waals surface area contributed by atoms with Crippen molar-refractivity contribution >= 4 is 11.7 Å². The number of nitrogens with zero attached hydrogens (tertiary/aromatic N) is 4. The van der Waals surface area contributed by atoms with Gasteiger partial charge in [0, 0.05) is 51.6 Å². The summed E-state index contributed by atoms with van der Waals surface area (Å²) in [5.74, 6) is 1.53. The highest BCUT2D eigenvalue weighted by atomic mass is 16.5. The molecule has 0 radical (unpaired) electrons. The van der Waals surface area contributed by atoms with E-state index >= 15 is 0 Å². The van der Waals surface area contributed by atoms with E-state index in [0.717, 1.165) is 17.1 Å². The second-order valence-electron chi connectivity index (χ2n) is 6.64. The van der Waals surface area contributed by atoms with Gasteiger partial charge in [-0.25, -0.2) is 9.97 Å². The van der Waals surface area contributed by atoms with E-state index < -0.39 is 0 Å². The van der Waals surface area contributed by atoms with E-state index in [4.69, 9.17) is 9.72 Å². The SMILES string of the molecule is COCCC(=O)N[C@H](c1cc(N(C)C)nc(-c2ccncc2)n1)C(C)C. The van der Waals surface area contributed by atoms with Crippen LogP contribution in [0.25, 0.3) is 11.4 Å². The number of hydrogen-bond donors (Lipinski definition) is 1. The molecule has 2 heterocycles. The quantitative estimate of drug-likeness (QED) is 0.782. The van der Waals surface area contributed by atoms with Crippen molar-refractivity contribution in [1.82, 2.24) is 20.3 Å². The summed E-state index contributed by atoms with van der Waals surface area (Å²) >= 11 is 0. The van der Waals surface area contributed by atoms with E-state index in [2.05, 4.69) is 29.1 Å². The zero-order valence-electron chi connectivity index (χ0n) is 16.1. The maximum atomic E-state index is 12.2. The van der Waals surface area contributed by atoms with Crippen LogP contribution < -0.4 is 10.2 Å². The molecule has 0 unspecified atom stereocenters. The average Bonchev–Trinajstić information content (AvgIpc) is 2.64. The van der Waals surface area contributed by atoms with Gasteiger partial charge in [0.1, 0.15) is 5.82 Å². The zero-order chi connectivity index (χ0) is 19.1. The van der Waals surface area contributed by atoms with Crippen molar-refractivity contribution in [2.45, 2.75) is 26.3 Å². The number of carbonyl (C=O) groups excluding carboxylic acids is 1.